The maximum atomic E-state index is 11.1. The van der Waals surface area contributed by atoms with Gasteiger partial charge in [0.1, 0.15) is 5.78 Å². The molecule has 0 bridgehead atoms. The minimum Gasteiger partial charge on any atom is -0.300 e. The molecule has 0 saturated carbocycles. The number of ketones is 1. The monoisotopic (exact) mass is 224 g/mol. The van der Waals surface area contributed by atoms with Crippen LogP contribution in [0.5, 0.6) is 0 Å². The highest BCUT2D eigenvalue weighted by Gasteiger charge is 2.00. The van der Waals surface area contributed by atoms with Gasteiger partial charge in [-0.15, -0.1) is 0 Å². The van der Waals surface area contributed by atoms with Crippen LogP contribution in [-0.4, -0.2) is 5.78 Å². The Balaban J connectivity index is 2.26. The van der Waals surface area contributed by atoms with Crippen molar-refractivity contribution in [1.82, 2.24) is 0 Å². The number of hydrogen-bond acceptors (Lipinski definition) is 1. The molecule has 0 heterocycles. The Morgan fingerprint density at radius 2 is 2.00 bits per heavy atom. The molecule has 0 aliphatic heterocycles. The lowest BCUT2D eigenvalue weighted by Crippen LogP contribution is -1.95. The zero-order chi connectivity index (χ0) is 11.1. The summed E-state index contributed by atoms with van der Waals surface area (Å²) < 4.78 is 0. The molecular formula is C13H17ClO. The van der Waals surface area contributed by atoms with Crippen LogP contribution in [0.25, 0.3) is 0 Å². The van der Waals surface area contributed by atoms with E-state index in [2.05, 4.69) is 0 Å². The first-order valence-electron chi connectivity index (χ1n) is 5.49. The van der Waals surface area contributed by atoms with Crippen LogP contribution < -0.4 is 0 Å². The van der Waals surface area contributed by atoms with Crippen molar-refractivity contribution in [3.8, 4) is 0 Å². The van der Waals surface area contributed by atoms with Crippen molar-refractivity contribution in [3.05, 3.63) is 34.9 Å². The van der Waals surface area contributed by atoms with Gasteiger partial charge >= 0.3 is 0 Å². The number of carbonyl (C=O) groups excluding carboxylic acids is 1. The van der Waals surface area contributed by atoms with Gasteiger partial charge in [-0.25, -0.2) is 0 Å². The fraction of sp³-hybridized carbons (Fsp3) is 0.462. The lowest BCUT2D eigenvalue weighted by Gasteiger charge is -2.03. The maximum Gasteiger partial charge on any atom is 0.132 e. The Morgan fingerprint density at radius 3 is 2.67 bits per heavy atom. The molecule has 0 spiro atoms. The number of halogens is 1. The molecule has 0 N–H and O–H groups in total. The molecule has 0 saturated heterocycles. The molecule has 0 aromatic heterocycles. The van der Waals surface area contributed by atoms with Crippen molar-refractivity contribution >= 4 is 17.4 Å². The van der Waals surface area contributed by atoms with E-state index in [1.54, 1.807) is 0 Å². The van der Waals surface area contributed by atoms with Gasteiger partial charge in [0.2, 0.25) is 0 Å². The zero-order valence-corrected chi connectivity index (χ0v) is 9.89. The first-order chi connectivity index (χ1) is 7.24. The molecule has 0 radical (unpaired) electrons. The second kappa shape index (κ2) is 6.62. The molecule has 1 nitrogen and oxygen atoms in total. The Bertz CT molecular complexity index is 320. The second-order valence-electron chi connectivity index (χ2n) is 3.69. The lowest BCUT2D eigenvalue weighted by molar-refractivity contribution is -0.118. The number of unbranched alkanes of at least 4 members (excludes halogenated alkanes) is 1. The van der Waals surface area contributed by atoms with E-state index in [1.165, 1.54) is 5.56 Å². The third-order valence-electron chi connectivity index (χ3n) is 2.50. The van der Waals surface area contributed by atoms with E-state index in [4.69, 9.17) is 11.6 Å². The highest BCUT2D eigenvalue weighted by atomic mass is 35.5. The number of benzene rings is 1. The highest BCUT2D eigenvalue weighted by Crippen LogP contribution is 2.17. The minimum absolute atomic E-state index is 0.356. The summed E-state index contributed by atoms with van der Waals surface area (Å²) in [7, 11) is 0. The number of hydrogen-bond donors (Lipinski definition) is 0. The van der Waals surface area contributed by atoms with Crippen molar-refractivity contribution in [2.45, 2.75) is 39.0 Å². The van der Waals surface area contributed by atoms with Gasteiger partial charge in [0.25, 0.3) is 0 Å². The number of rotatable bonds is 6. The molecule has 1 rings (SSSR count). The zero-order valence-electron chi connectivity index (χ0n) is 9.13. The van der Waals surface area contributed by atoms with Crippen LogP contribution in [0.2, 0.25) is 5.02 Å². The van der Waals surface area contributed by atoms with E-state index in [1.807, 2.05) is 31.2 Å². The summed E-state index contributed by atoms with van der Waals surface area (Å²) in [5.41, 5.74) is 1.18. The number of carbonyl (C=O) groups is 1. The van der Waals surface area contributed by atoms with Crippen molar-refractivity contribution < 1.29 is 4.79 Å². The van der Waals surface area contributed by atoms with Crippen LogP contribution in [0, 0.1) is 0 Å². The summed E-state index contributed by atoms with van der Waals surface area (Å²) in [4.78, 5) is 11.1. The van der Waals surface area contributed by atoms with Crippen LogP contribution in [-0.2, 0) is 11.2 Å². The topological polar surface area (TPSA) is 17.1 Å². The summed E-state index contributed by atoms with van der Waals surface area (Å²) in [6.45, 7) is 1.91. The van der Waals surface area contributed by atoms with Gasteiger partial charge in [-0.05, 0) is 30.9 Å². The first-order valence-corrected chi connectivity index (χ1v) is 5.87. The summed E-state index contributed by atoms with van der Waals surface area (Å²) in [5.74, 6) is 0.356. The molecule has 0 aliphatic rings. The molecule has 0 atom stereocenters. The Kier molecular flexibility index (Phi) is 5.41. The minimum atomic E-state index is 0.356. The van der Waals surface area contributed by atoms with Crippen LogP contribution >= 0.6 is 11.6 Å². The largest absolute Gasteiger partial charge is 0.300 e. The average molecular weight is 225 g/mol. The fourth-order valence-electron chi connectivity index (χ4n) is 1.52. The quantitative estimate of drug-likeness (QED) is 0.667. The van der Waals surface area contributed by atoms with E-state index in [9.17, 15) is 4.79 Å². The van der Waals surface area contributed by atoms with Gasteiger partial charge in [0, 0.05) is 17.9 Å². The third-order valence-corrected chi connectivity index (χ3v) is 2.87. The van der Waals surface area contributed by atoms with Gasteiger partial charge in [-0.3, -0.25) is 4.79 Å². The fourth-order valence-corrected chi connectivity index (χ4v) is 1.75. The van der Waals surface area contributed by atoms with E-state index >= 15 is 0 Å². The maximum absolute atomic E-state index is 11.1. The summed E-state index contributed by atoms with van der Waals surface area (Å²) >= 11 is 6.03. The summed E-state index contributed by atoms with van der Waals surface area (Å²) in [6.07, 6.45) is 4.34. The first kappa shape index (κ1) is 12.3. The van der Waals surface area contributed by atoms with Crippen molar-refractivity contribution in [1.29, 1.82) is 0 Å². The smallest absolute Gasteiger partial charge is 0.132 e. The highest BCUT2D eigenvalue weighted by molar-refractivity contribution is 6.31. The number of Topliss-reactive ketones (excluding diaryl/α,β-unsaturated/α-hetero) is 1. The van der Waals surface area contributed by atoms with Crippen molar-refractivity contribution in [3.63, 3.8) is 0 Å². The molecule has 2 heteroatoms. The molecule has 0 amide bonds. The second-order valence-corrected chi connectivity index (χ2v) is 4.10. The summed E-state index contributed by atoms with van der Waals surface area (Å²) in [6, 6.07) is 7.89. The molecular weight excluding hydrogens is 208 g/mol. The van der Waals surface area contributed by atoms with Crippen LogP contribution in [0.1, 0.15) is 38.2 Å². The molecule has 82 valence electrons. The Morgan fingerprint density at radius 1 is 1.27 bits per heavy atom. The van der Waals surface area contributed by atoms with E-state index < -0.39 is 0 Å². The average Bonchev–Trinajstić information content (AvgIpc) is 2.26. The van der Waals surface area contributed by atoms with Gasteiger partial charge in [0.15, 0.2) is 0 Å². The molecule has 0 unspecified atom stereocenters. The number of aryl methyl sites for hydroxylation is 1. The van der Waals surface area contributed by atoms with Crippen molar-refractivity contribution in [2.24, 2.45) is 0 Å². The van der Waals surface area contributed by atoms with Crippen LogP contribution in [0.3, 0.4) is 0 Å². The summed E-state index contributed by atoms with van der Waals surface area (Å²) in [5, 5.41) is 0.833. The molecule has 1 aromatic carbocycles. The predicted molar refractivity (Wildman–Crippen MR) is 64.3 cm³/mol. The predicted octanol–water partition coefficient (Wildman–Crippen LogP) is 4.03. The molecule has 1 aromatic rings. The van der Waals surface area contributed by atoms with Crippen molar-refractivity contribution in [2.75, 3.05) is 0 Å². The van der Waals surface area contributed by atoms with Gasteiger partial charge in [-0.2, -0.15) is 0 Å². The van der Waals surface area contributed by atoms with E-state index in [0.29, 0.717) is 18.6 Å². The Labute approximate surface area is 96.5 Å². The van der Waals surface area contributed by atoms with Gasteiger partial charge in [0.05, 0.1) is 0 Å². The lowest BCUT2D eigenvalue weighted by atomic mass is 10.1. The standard InChI is InChI=1S/C13H17ClO/c1-2-12(15)9-5-3-7-11-8-4-6-10-13(11)14/h4,6,8,10H,2-3,5,7,9H2,1H3. The van der Waals surface area contributed by atoms with E-state index in [0.717, 1.165) is 24.3 Å². The molecule has 0 fully saturated rings. The normalized spacial score (nSPS) is 10.3. The Hall–Kier alpha value is -0.820. The third kappa shape index (κ3) is 4.48. The SMILES string of the molecule is CCC(=O)CCCCc1ccccc1Cl. The van der Waals surface area contributed by atoms with Gasteiger partial charge < -0.3 is 0 Å². The molecule has 0 aliphatic carbocycles. The molecule has 15 heavy (non-hydrogen) atoms. The van der Waals surface area contributed by atoms with E-state index in [-0.39, 0.29) is 0 Å². The van der Waals surface area contributed by atoms with Crippen LogP contribution in [0.15, 0.2) is 24.3 Å². The van der Waals surface area contributed by atoms with Crippen LogP contribution in [0.4, 0.5) is 0 Å². The van der Waals surface area contributed by atoms with Gasteiger partial charge in [-0.1, -0.05) is 36.7 Å².